The van der Waals surface area contributed by atoms with E-state index < -0.39 is 5.60 Å². The summed E-state index contributed by atoms with van der Waals surface area (Å²) in [6, 6.07) is 0. The van der Waals surface area contributed by atoms with Gasteiger partial charge >= 0.3 is 0 Å². The second-order valence-electron chi connectivity index (χ2n) is 4.79. The molecular formula is C12H24N2O4. The summed E-state index contributed by atoms with van der Waals surface area (Å²) >= 11 is 0. The lowest BCUT2D eigenvalue weighted by Gasteiger charge is -2.29. The molecule has 0 unspecified atom stereocenters. The van der Waals surface area contributed by atoms with Crippen molar-refractivity contribution in [2.24, 2.45) is 0 Å². The lowest BCUT2D eigenvalue weighted by atomic mass is 9.95. The smallest absolute Gasteiger partial charge is 0.225 e. The molecule has 106 valence electrons. The van der Waals surface area contributed by atoms with Gasteiger partial charge in [0, 0.05) is 34.8 Å². The fourth-order valence-electron chi connectivity index (χ4n) is 1.34. The number of ether oxygens (including phenoxy) is 1. The highest BCUT2D eigenvalue weighted by Gasteiger charge is 2.34. The quantitative estimate of drug-likeness (QED) is 0.683. The van der Waals surface area contributed by atoms with Crippen molar-refractivity contribution in [1.82, 2.24) is 9.80 Å². The molecule has 18 heavy (non-hydrogen) atoms. The zero-order valence-electron chi connectivity index (χ0n) is 11.9. The van der Waals surface area contributed by atoms with Gasteiger partial charge in [0.15, 0.2) is 0 Å². The van der Waals surface area contributed by atoms with Gasteiger partial charge in [-0.3, -0.25) is 9.59 Å². The predicted molar refractivity (Wildman–Crippen MR) is 68.1 cm³/mol. The van der Waals surface area contributed by atoms with Crippen LogP contribution in [0.5, 0.6) is 0 Å². The second-order valence-corrected chi connectivity index (χ2v) is 4.79. The first-order valence-electron chi connectivity index (χ1n) is 5.92. The summed E-state index contributed by atoms with van der Waals surface area (Å²) in [6.45, 7) is 2.19. The van der Waals surface area contributed by atoms with Gasteiger partial charge in [-0.25, -0.2) is 0 Å². The molecule has 1 N–H and O–H groups in total. The van der Waals surface area contributed by atoms with E-state index in [1.807, 2.05) is 0 Å². The lowest BCUT2D eigenvalue weighted by Crippen LogP contribution is -2.44. The second kappa shape index (κ2) is 7.33. The Hall–Kier alpha value is -1.14. The minimum Gasteiger partial charge on any atom is -0.386 e. The number of nitrogens with zero attached hydrogens (tertiary/aromatic N) is 2. The van der Waals surface area contributed by atoms with Crippen LogP contribution in [0.4, 0.5) is 0 Å². The first-order valence-corrected chi connectivity index (χ1v) is 5.92. The molecule has 0 heterocycles. The highest BCUT2D eigenvalue weighted by Crippen LogP contribution is 2.18. The fraction of sp³-hybridized carbons (Fsp3) is 0.833. The Morgan fingerprint density at radius 3 is 1.72 bits per heavy atom. The van der Waals surface area contributed by atoms with Crippen molar-refractivity contribution in [2.75, 3.05) is 41.4 Å². The molecule has 0 aromatic carbocycles. The molecule has 0 radical (unpaired) electrons. The molecule has 0 saturated carbocycles. The highest BCUT2D eigenvalue weighted by molar-refractivity contribution is 5.80. The summed E-state index contributed by atoms with van der Waals surface area (Å²) in [5, 5.41) is 10.4. The van der Waals surface area contributed by atoms with Crippen LogP contribution in [0, 0.1) is 0 Å². The van der Waals surface area contributed by atoms with Crippen LogP contribution < -0.4 is 0 Å². The number of aliphatic hydroxyl groups is 1. The molecule has 0 fully saturated rings. The normalized spacial score (nSPS) is 11.2. The summed E-state index contributed by atoms with van der Waals surface area (Å²) in [6.07, 6.45) is -0.251. The lowest BCUT2D eigenvalue weighted by molar-refractivity contribution is -0.144. The van der Waals surface area contributed by atoms with E-state index in [2.05, 4.69) is 0 Å². The number of rotatable bonds is 7. The van der Waals surface area contributed by atoms with Crippen LogP contribution in [0.2, 0.25) is 0 Å². The van der Waals surface area contributed by atoms with Crippen molar-refractivity contribution in [1.29, 1.82) is 0 Å². The maximum atomic E-state index is 11.7. The number of carbonyl (C=O) groups excluding carboxylic acids is 2. The number of hydrogen-bond acceptors (Lipinski definition) is 4. The van der Waals surface area contributed by atoms with Gasteiger partial charge < -0.3 is 19.6 Å². The summed E-state index contributed by atoms with van der Waals surface area (Å²) in [5.74, 6) is -0.465. The van der Waals surface area contributed by atoms with Crippen LogP contribution in [0.3, 0.4) is 0 Å². The summed E-state index contributed by atoms with van der Waals surface area (Å²) in [7, 11) is 6.43. The van der Waals surface area contributed by atoms with Crippen molar-refractivity contribution in [3.8, 4) is 0 Å². The van der Waals surface area contributed by atoms with Gasteiger partial charge in [-0.05, 0) is 6.92 Å². The van der Waals surface area contributed by atoms with E-state index in [9.17, 15) is 14.7 Å². The Bertz CT molecular complexity index is 268. The summed E-state index contributed by atoms with van der Waals surface area (Å²) in [5.41, 5.74) is -1.45. The van der Waals surface area contributed by atoms with Crippen LogP contribution in [0.1, 0.15) is 19.8 Å². The Labute approximate surface area is 109 Å². The van der Waals surface area contributed by atoms with Gasteiger partial charge in [-0.2, -0.15) is 0 Å². The zero-order chi connectivity index (χ0) is 14.3. The standard InChI is InChI=1S/C12H24N2O4/c1-6-18-9-12(17,7-10(15)13(2)3)8-11(16)14(4)5/h17H,6-9H2,1-5H3. The largest absolute Gasteiger partial charge is 0.386 e. The predicted octanol–water partition coefficient (Wildman–Crippen LogP) is -0.289. The average molecular weight is 260 g/mol. The van der Waals surface area contributed by atoms with Crippen LogP contribution in [0.25, 0.3) is 0 Å². The van der Waals surface area contributed by atoms with Gasteiger partial charge in [0.05, 0.1) is 19.4 Å². The molecule has 0 aliphatic heterocycles. The van der Waals surface area contributed by atoms with Crippen molar-refractivity contribution in [2.45, 2.75) is 25.4 Å². The molecular weight excluding hydrogens is 236 g/mol. The average Bonchev–Trinajstić information content (AvgIpc) is 2.25. The molecule has 0 aromatic heterocycles. The van der Waals surface area contributed by atoms with Gasteiger partial charge in [-0.15, -0.1) is 0 Å². The Kier molecular flexibility index (Phi) is 6.86. The molecule has 6 heteroatoms. The topological polar surface area (TPSA) is 70.1 Å². The number of carbonyl (C=O) groups is 2. The first-order chi connectivity index (χ1) is 8.22. The third-order valence-electron chi connectivity index (χ3n) is 2.53. The Morgan fingerprint density at radius 1 is 1.06 bits per heavy atom. The molecule has 0 aromatic rings. The molecule has 0 atom stereocenters. The monoisotopic (exact) mass is 260 g/mol. The molecule has 0 aliphatic rings. The van der Waals surface area contributed by atoms with Crippen molar-refractivity contribution < 1.29 is 19.4 Å². The molecule has 0 spiro atoms. The van der Waals surface area contributed by atoms with Crippen LogP contribution in [-0.4, -0.2) is 73.7 Å². The van der Waals surface area contributed by atoms with Gasteiger partial charge in [0.25, 0.3) is 0 Å². The Morgan fingerprint density at radius 2 is 1.44 bits per heavy atom. The molecule has 2 amide bonds. The van der Waals surface area contributed by atoms with E-state index in [-0.39, 0.29) is 31.3 Å². The van der Waals surface area contributed by atoms with E-state index in [0.717, 1.165) is 0 Å². The van der Waals surface area contributed by atoms with Crippen molar-refractivity contribution >= 4 is 11.8 Å². The zero-order valence-corrected chi connectivity index (χ0v) is 11.9. The Balaban J connectivity index is 4.71. The van der Waals surface area contributed by atoms with E-state index in [4.69, 9.17) is 4.74 Å². The molecule has 6 nitrogen and oxygen atoms in total. The first kappa shape index (κ1) is 16.9. The fourth-order valence-corrected chi connectivity index (χ4v) is 1.34. The van der Waals surface area contributed by atoms with Crippen LogP contribution in [-0.2, 0) is 14.3 Å². The molecule has 0 aliphatic carbocycles. The van der Waals surface area contributed by atoms with Crippen molar-refractivity contribution in [3.05, 3.63) is 0 Å². The van der Waals surface area contributed by atoms with Crippen LogP contribution >= 0.6 is 0 Å². The minimum absolute atomic E-state index is 0.0251. The van der Waals surface area contributed by atoms with Crippen molar-refractivity contribution in [3.63, 3.8) is 0 Å². The summed E-state index contributed by atoms with van der Waals surface area (Å²) < 4.78 is 5.17. The molecule has 0 rings (SSSR count). The van der Waals surface area contributed by atoms with Gasteiger partial charge in [-0.1, -0.05) is 0 Å². The SMILES string of the molecule is CCOCC(O)(CC(=O)N(C)C)CC(=O)N(C)C. The minimum atomic E-state index is -1.45. The van der Waals surface area contributed by atoms with Gasteiger partial charge in [0.2, 0.25) is 11.8 Å². The highest BCUT2D eigenvalue weighted by atomic mass is 16.5. The van der Waals surface area contributed by atoms with E-state index >= 15 is 0 Å². The van der Waals surface area contributed by atoms with E-state index in [1.165, 1.54) is 9.80 Å². The number of amides is 2. The summed E-state index contributed by atoms with van der Waals surface area (Å²) in [4.78, 5) is 26.1. The van der Waals surface area contributed by atoms with E-state index in [0.29, 0.717) is 6.61 Å². The number of hydrogen-bond donors (Lipinski definition) is 1. The van der Waals surface area contributed by atoms with Crippen LogP contribution in [0.15, 0.2) is 0 Å². The molecule has 0 saturated heterocycles. The van der Waals surface area contributed by atoms with Gasteiger partial charge in [0.1, 0.15) is 5.60 Å². The maximum absolute atomic E-state index is 11.7. The maximum Gasteiger partial charge on any atom is 0.225 e. The third kappa shape index (κ3) is 5.97. The third-order valence-corrected chi connectivity index (χ3v) is 2.53. The molecule has 0 bridgehead atoms. The van der Waals surface area contributed by atoms with E-state index in [1.54, 1.807) is 35.1 Å².